The van der Waals surface area contributed by atoms with E-state index in [1.54, 1.807) is 0 Å². The molecule has 0 spiro atoms. The molecule has 0 radical (unpaired) electrons. The van der Waals surface area contributed by atoms with Crippen LogP contribution in [0.25, 0.3) is 0 Å². The zero-order chi connectivity index (χ0) is 18.5. The first-order chi connectivity index (χ1) is 12.6. The highest BCUT2D eigenvalue weighted by Crippen LogP contribution is 2.34. The fourth-order valence-corrected chi connectivity index (χ4v) is 3.65. The Morgan fingerprint density at radius 3 is 2.00 bits per heavy atom. The third-order valence-electron chi connectivity index (χ3n) is 4.02. The SMILES string of the molecule is CC(C)CSc1nc(O)c(C(c2ccccc2)c2ccccc2)c(=O)[nH]1. The Kier molecular flexibility index (Phi) is 5.78. The molecule has 0 atom stereocenters. The van der Waals surface area contributed by atoms with Crippen LogP contribution in [-0.2, 0) is 0 Å². The lowest BCUT2D eigenvalue weighted by atomic mass is 9.86. The molecule has 1 heterocycles. The summed E-state index contributed by atoms with van der Waals surface area (Å²) in [7, 11) is 0. The number of thioether (sulfide) groups is 1. The van der Waals surface area contributed by atoms with E-state index in [1.165, 1.54) is 11.8 Å². The molecule has 0 unspecified atom stereocenters. The van der Waals surface area contributed by atoms with Crippen LogP contribution >= 0.6 is 11.8 Å². The van der Waals surface area contributed by atoms with Crippen molar-refractivity contribution in [3.05, 3.63) is 87.7 Å². The van der Waals surface area contributed by atoms with Crippen LogP contribution < -0.4 is 5.56 Å². The van der Waals surface area contributed by atoms with Gasteiger partial charge in [-0.05, 0) is 17.0 Å². The number of H-pyrrole nitrogens is 1. The maximum absolute atomic E-state index is 12.8. The third-order valence-corrected chi connectivity index (χ3v) is 5.32. The summed E-state index contributed by atoms with van der Waals surface area (Å²) in [5.41, 5.74) is 1.84. The molecule has 0 amide bonds. The summed E-state index contributed by atoms with van der Waals surface area (Å²) in [6, 6.07) is 19.4. The molecule has 0 aliphatic heterocycles. The lowest BCUT2D eigenvalue weighted by molar-refractivity contribution is 0.434. The highest BCUT2D eigenvalue weighted by atomic mass is 32.2. The van der Waals surface area contributed by atoms with Crippen molar-refractivity contribution in [2.24, 2.45) is 5.92 Å². The van der Waals surface area contributed by atoms with Gasteiger partial charge in [0.15, 0.2) is 5.16 Å². The normalized spacial score (nSPS) is 11.2. The fraction of sp³-hybridized carbons (Fsp3) is 0.238. The Morgan fingerprint density at radius 1 is 1.00 bits per heavy atom. The highest BCUT2D eigenvalue weighted by Gasteiger charge is 2.24. The number of aromatic nitrogens is 2. The van der Waals surface area contributed by atoms with Gasteiger partial charge in [-0.25, -0.2) is 0 Å². The second-order valence-corrected chi connectivity index (χ2v) is 7.58. The average molecular weight is 366 g/mol. The lowest BCUT2D eigenvalue weighted by Crippen LogP contribution is -2.20. The van der Waals surface area contributed by atoms with Crippen LogP contribution in [0.3, 0.4) is 0 Å². The molecular weight excluding hydrogens is 344 g/mol. The number of rotatable bonds is 6. The molecular formula is C21H22N2O2S. The highest BCUT2D eigenvalue weighted by molar-refractivity contribution is 7.99. The van der Waals surface area contributed by atoms with Crippen LogP contribution in [-0.4, -0.2) is 20.8 Å². The first-order valence-electron chi connectivity index (χ1n) is 8.62. The number of nitrogens with one attached hydrogen (secondary N) is 1. The van der Waals surface area contributed by atoms with Crippen molar-refractivity contribution in [2.75, 3.05) is 5.75 Å². The molecule has 3 aromatic rings. The zero-order valence-corrected chi connectivity index (χ0v) is 15.7. The van der Waals surface area contributed by atoms with Gasteiger partial charge >= 0.3 is 0 Å². The van der Waals surface area contributed by atoms with E-state index >= 15 is 0 Å². The molecule has 134 valence electrons. The van der Waals surface area contributed by atoms with Crippen molar-refractivity contribution in [2.45, 2.75) is 24.9 Å². The van der Waals surface area contributed by atoms with Crippen molar-refractivity contribution in [3.63, 3.8) is 0 Å². The van der Waals surface area contributed by atoms with E-state index in [9.17, 15) is 9.90 Å². The van der Waals surface area contributed by atoms with Gasteiger partial charge in [-0.1, -0.05) is 86.3 Å². The van der Waals surface area contributed by atoms with Crippen LogP contribution in [0.1, 0.15) is 36.5 Å². The minimum absolute atomic E-state index is 0.210. The second kappa shape index (κ2) is 8.23. The predicted octanol–water partition coefficient (Wildman–Crippen LogP) is 4.40. The van der Waals surface area contributed by atoms with E-state index in [4.69, 9.17) is 0 Å². The Labute approximate surface area is 157 Å². The molecule has 4 nitrogen and oxygen atoms in total. The van der Waals surface area contributed by atoms with E-state index < -0.39 is 0 Å². The van der Waals surface area contributed by atoms with Gasteiger partial charge in [-0.2, -0.15) is 4.98 Å². The molecule has 0 saturated carbocycles. The number of hydrogen-bond donors (Lipinski definition) is 2. The minimum Gasteiger partial charge on any atom is -0.493 e. The summed E-state index contributed by atoms with van der Waals surface area (Å²) in [5.74, 6) is 0.701. The Hall–Kier alpha value is -2.53. The summed E-state index contributed by atoms with van der Waals surface area (Å²) in [5, 5.41) is 11.0. The molecule has 5 heteroatoms. The van der Waals surface area contributed by atoms with Crippen molar-refractivity contribution in [1.29, 1.82) is 0 Å². The Balaban J connectivity index is 2.09. The smallest absolute Gasteiger partial charge is 0.259 e. The van der Waals surface area contributed by atoms with Gasteiger partial charge in [0.2, 0.25) is 5.88 Å². The van der Waals surface area contributed by atoms with Gasteiger partial charge in [0.05, 0.1) is 5.56 Å². The van der Waals surface area contributed by atoms with Crippen LogP contribution in [0.4, 0.5) is 0 Å². The third kappa shape index (κ3) is 4.17. The monoisotopic (exact) mass is 366 g/mol. The number of nitrogens with zero attached hydrogens (tertiary/aromatic N) is 1. The molecule has 0 aliphatic carbocycles. The molecule has 0 bridgehead atoms. The summed E-state index contributed by atoms with van der Waals surface area (Å²) < 4.78 is 0. The summed E-state index contributed by atoms with van der Waals surface area (Å²) in [6.07, 6.45) is 0. The molecule has 1 aromatic heterocycles. The van der Waals surface area contributed by atoms with Crippen molar-refractivity contribution >= 4 is 11.8 Å². The van der Waals surface area contributed by atoms with E-state index in [0.717, 1.165) is 16.9 Å². The van der Waals surface area contributed by atoms with E-state index in [2.05, 4.69) is 23.8 Å². The Bertz CT molecular complexity index is 869. The van der Waals surface area contributed by atoms with Gasteiger partial charge in [0.25, 0.3) is 5.56 Å². The summed E-state index contributed by atoms with van der Waals surface area (Å²) in [6.45, 7) is 4.19. The fourth-order valence-electron chi connectivity index (χ4n) is 2.84. The van der Waals surface area contributed by atoms with Gasteiger partial charge in [-0.3, -0.25) is 4.79 Å². The van der Waals surface area contributed by atoms with Gasteiger partial charge in [-0.15, -0.1) is 0 Å². The molecule has 3 rings (SSSR count). The molecule has 2 N–H and O–H groups in total. The number of benzene rings is 2. The van der Waals surface area contributed by atoms with Crippen LogP contribution in [0, 0.1) is 5.92 Å². The molecule has 0 aliphatic rings. The molecule has 26 heavy (non-hydrogen) atoms. The standard InChI is InChI=1S/C21H22N2O2S/c1-14(2)13-26-21-22-19(24)18(20(25)23-21)17(15-9-5-3-6-10-15)16-11-7-4-8-12-16/h3-12,14,17H,13H2,1-2H3,(H2,22,23,24,25). The maximum Gasteiger partial charge on any atom is 0.259 e. The molecule has 2 aromatic carbocycles. The molecule has 0 fully saturated rings. The van der Waals surface area contributed by atoms with Crippen molar-refractivity contribution < 1.29 is 5.11 Å². The van der Waals surface area contributed by atoms with E-state index in [-0.39, 0.29) is 22.9 Å². The minimum atomic E-state index is -0.377. The predicted molar refractivity (Wildman–Crippen MR) is 106 cm³/mol. The Morgan fingerprint density at radius 2 is 1.54 bits per heavy atom. The van der Waals surface area contributed by atoms with Crippen LogP contribution in [0.2, 0.25) is 0 Å². The zero-order valence-electron chi connectivity index (χ0n) is 14.8. The average Bonchev–Trinajstić information content (AvgIpc) is 2.64. The summed E-state index contributed by atoms with van der Waals surface area (Å²) >= 11 is 1.44. The van der Waals surface area contributed by atoms with Crippen molar-refractivity contribution in [3.8, 4) is 5.88 Å². The van der Waals surface area contributed by atoms with Crippen LogP contribution in [0.15, 0.2) is 70.6 Å². The summed E-state index contributed by atoms with van der Waals surface area (Å²) in [4.78, 5) is 19.9. The van der Waals surface area contributed by atoms with Crippen LogP contribution in [0.5, 0.6) is 5.88 Å². The maximum atomic E-state index is 12.8. The number of aromatic hydroxyl groups is 1. The first kappa shape index (κ1) is 18.3. The topological polar surface area (TPSA) is 66.0 Å². The number of hydrogen-bond acceptors (Lipinski definition) is 4. The lowest BCUT2D eigenvalue weighted by Gasteiger charge is -2.18. The van der Waals surface area contributed by atoms with Gasteiger partial charge in [0, 0.05) is 11.7 Å². The van der Waals surface area contributed by atoms with Gasteiger partial charge < -0.3 is 10.1 Å². The van der Waals surface area contributed by atoms with E-state index in [0.29, 0.717) is 11.1 Å². The van der Waals surface area contributed by atoms with Gasteiger partial charge in [0.1, 0.15) is 0 Å². The molecule has 0 saturated heterocycles. The first-order valence-corrected chi connectivity index (χ1v) is 9.60. The largest absolute Gasteiger partial charge is 0.493 e. The van der Waals surface area contributed by atoms with Crippen molar-refractivity contribution in [1.82, 2.24) is 9.97 Å². The number of aromatic amines is 1. The van der Waals surface area contributed by atoms with E-state index in [1.807, 2.05) is 60.7 Å². The quantitative estimate of drug-likeness (QED) is 0.501. The second-order valence-electron chi connectivity index (χ2n) is 6.57.